The van der Waals surface area contributed by atoms with Crippen molar-refractivity contribution in [3.63, 3.8) is 0 Å². The van der Waals surface area contributed by atoms with Crippen molar-refractivity contribution in [1.82, 2.24) is 0 Å². The van der Waals surface area contributed by atoms with E-state index < -0.39 is 29.4 Å². The first-order chi connectivity index (χ1) is 28.4. The van der Waals surface area contributed by atoms with Crippen LogP contribution in [-0.2, 0) is 39.0 Å². The largest absolute Gasteiger partial charge is 1.00 e. The summed E-state index contributed by atoms with van der Waals surface area (Å²) in [5.41, 5.74) is 7.84. The molecule has 0 N–H and O–H groups in total. The van der Waals surface area contributed by atoms with Crippen LogP contribution in [-0.4, -0.2) is 29.4 Å². The first-order valence-corrected chi connectivity index (χ1v) is 18.9. The lowest BCUT2D eigenvalue weighted by Crippen LogP contribution is -3.00. The lowest BCUT2D eigenvalue weighted by atomic mass is 9.60. The molecule has 0 atom stereocenters. The molecule has 24 heteroatoms. The molecule has 6 aromatic rings. The van der Waals surface area contributed by atoms with Crippen LogP contribution in [0.15, 0.2) is 159 Å². The van der Waals surface area contributed by atoms with Crippen molar-refractivity contribution in [2.75, 3.05) is 0 Å². The third-order valence-corrected chi connectivity index (χ3v) is 8.70. The van der Waals surface area contributed by atoms with Crippen LogP contribution in [0.3, 0.4) is 0 Å². The van der Waals surface area contributed by atoms with Crippen LogP contribution in [0.25, 0.3) is 22.3 Å². The van der Waals surface area contributed by atoms with Crippen molar-refractivity contribution in [3.05, 3.63) is 170 Å². The van der Waals surface area contributed by atoms with Crippen molar-refractivity contribution in [3.8, 4) is 22.3 Å². The summed E-state index contributed by atoms with van der Waals surface area (Å²) in [5.74, 6) is 0. The van der Waals surface area contributed by atoms with Crippen LogP contribution in [0.1, 0.15) is 30.4 Å². The van der Waals surface area contributed by atoms with Gasteiger partial charge >= 0.3 is 29.4 Å². The van der Waals surface area contributed by atoms with Gasteiger partial charge in [0.2, 0.25) is 0 Å². The predicted octanol–water partition coefficient (Wildman–Crippen LogP) is -2.47. The first-order valence-electron chi connectivity index (χ1n) is 18.9. The second-order valence-electron chi connectivity index (χ2n) is 13.0. The number of hydrogen-bond donors (Lipinski definition) is 0. The minimum atomic E-state index is -3.67. The van der Waals surface area contributed by atoms with Gasteiger partial charge in [0.1, 0.15) is 13.1 Å². The molecule has 4 aromatic heterocycles. The molecular weight excluding hydrogens is 896 g/mol. The quantitative estimate of drug-likeness (QED) is 0.0618. The Morgan fingerprint density at radius 2 is 0.508 bits per heavy atom. The van der Waals surface area contributed by atoms with Crippen LogP contribution in [0.5, 0.6) is 0 Å². The molecule has 0 fully saturated rings. The van der Waals surface area contributed by atoms with E-state index in [0.29, 0.717) is 0 Å². The third-order valence-electron chi connectivity index (χ3n) is 8.70. The van der Waals surface area contributed by atoms with E-state index >= 15 is 0 Å². The predicted molar refractivity (Wildman–Crippen MR) is 218 cm³/mol. The van der Waals surface area contributed by atoms with Gasteiger partial charge in [0.25, 0.3) is 0 Å². The fourth-order valence-electron chi connectivity index (χ4n) is 5.85. The van der Waals surface area contributed by atoms with Crippen molar-refractivity contribution < 1.29 is 89.7 Å². The average molecular weight is 942 g/mol. The lowest BCUT2D eigenvalue weighted by molar-refractivity contribution is -0.726. The number of halogens is 16. The summed E-state index contributed by atoms with van der Waals surface area (Å²) in [6.45, 7) is 4.06. The van der Waals surface area contributed by atoms with E-state index in [9.17, 15) is 43.2 Å². The topological polar surface area (TPSA) is 15.5 Å². The zero-order chi connectivity index (χ0) is 42.8. The molecule has 4 heterocycles. The Hall–Kier alpha value is -5.82. The van der Waals surface area contributed by atoms with Crippen LogP contribution in [0.2, 0.25) is 0 Å². The summed E-state index contributed by atoms with van der Waals surface area (Å²) in [7, 11) is -14.3. The van der Waals surface area contributed by atoms with Crippen molar-refractivity contribution >= 4 is 29.4 Å². The average Bonchev–Trinajstić information content (AvgIpc) is 3.23. The minimum Gasteiger partial charge on any atom is -1.00 e. The standard InChI is InChI=1S/C41H44N4.B2F4.2BF3.6FH/c1-3-10-36(11-4-1)14-7-24-42-28-16-38(17-29-42)40-20-32-44(33-21-40)26-9-27-45-34-22-41(23-35-45)39-18-30-43(31-19-39)25-8-15-37-12-5-2-6-13-37;3-1(4)2(5)6;2*2-1(3)4;;;;;;/h1-6,10-13,16-23,28-35H,7-9,14-15,24-27H2;;;;6*1H/q+4;;;;;;;;;/p-4. The zero-order valence-corrected chi connectivity index (χ0v) is 34.6. The molecule has 0 aliphatic carbocycles. The highest BCUT2D eigenvalue weighted by Gasteiger charge is 2.34. The van der Waals surface area contributed by atoms with Gasteiger partial charge in [-0.25, -0.2) is 18.3 Å². The highest BCUT2D eigenvalue weighted by molar-refractivity contribution is 7.09. The number of nitrogens with zero attached hydrogens (tertiary/aromatic N) is 4. The van der Waals surface area contributed by atoms with Crippen molar-refractivity contribution in [2.45, 2.75) is 58.3 Å². The van der Waals surface area contributed by atoms with Gasteiger partial charge in [-0.05, 0) is 46.2 Å². The van der Waals surface area contributed by atoms with Crippen LogP contribution < -0.4 is 37.1 Å². The molecule has 65 heavy (non-hydrogen) atoms. The van der Waals surface area contributed by atoms with Crippen LogP contribution in [0.4, 0.5) is 52.6 Å². The number of hydrogen-bond acceptors (Lipinski definition) is 0. The van der Waals surface area contributed by atoms with Crippen LogP contribution >= 0.6 is 0 Å². The van der Waals surface area contributed by atoms with Gasteiger partial charge in [-0.3, -0.25) is 52.6 Å². The van der Waals surface area contributed by atoms with Gasteiger partial charge in [0.05, 0.1) is 6.42 Å². The fraction of sp³-hybridized carbons (Fsp3) is 0.220. The normalized spacial score (nSPS) is 9.20. The Balaban J connectivity index is -0.000000818. The molecule has 4 nitrogen and oxygen atoms in total. The summed E-state index contributed by atoms with van der Waals surface area (Å²) in [4.78, 5) is 0. The number of pyridine rings is 4. The Kier molecular flexibility index (Phi) is 38.0. The van der Waals surface area contributed by atoms with Gasteiger partial charge in [0.15, 0.2) is 62.7 Å². The maximum atomic E-state index is 10.4. The van der Waals surface area contributed by atoms with E-state index in [1.165, 1.54) is 33.4 Å². The highest BCUT2D eigenvalue weighted by atomic mass is 19.4. The van der Waals surface area contributed by atoms with Gasteiger partial charge < -0.3 is 18.8 Å². The first kappa shape index (κ1) is 65.8. The summed E-state index contributed by atoms with van der Waals surface area (Å²) in [5, 5.41) is 0. The third kappa shape index (κ3) is 28.6. The second-order valence-corrected chi connectivity index (χ2v) is 13.0. The number of aromatic nitrogens is 4. The molecule has 0 amide bonds. The smallest absolute Gasteiger partial charge is 0.762 e. The molecule has 0 saturated carbocycles. The summed E-state index contributed by atoms with van der Waals surface area (Å²) in [6.07, 6.45) is 23.2. The molecule has 0 aliphatic rings. The summed E-state index contributed by atoms with van der Waals surface area (Å²) in [6, 6.07) is 39.3. The Morgan fingerprint density at radius 3 is 0.708 bits per heavy atom. The second kappa shape index (κ2) is 37.5. The van der Waals surface area contributed by atoms with E-state index in [2.05, 4.69) is 177 Å². The maximum Gasteiger partial charge on any atom is 0.762 e. The molecule has 0 unspecified atom stereocenters. The van der Waals surface area contributed by atoms with E-state index in [-0.39, 0.29) is 28.2 Å². The molecule has 354 valence electrons. The zero-order valence-electron chi connectivity index (χ0n) is 34.6. The Bertz CT molecular complexity index is 1830. The maximum absolute atomic E-state index is 10.4. The van der Waals surface area contributed by atoms with Gasteiger partial charge in [0, 0.05) is 61.4 Å². The van der Waals surface area contributed by atoms with Crippen molar-refractivity contribution in [1.29, 1.82) is 0 Å². The van der Waals surface area contributed by atoms with Gasteiger partial charge in [-0.15, -0.1) is 0 Å². The number of aryl methyl sites for hydroxylation is 6. The SMILES string of the molecule is F.F.FB(F)B(F)F.FB(F)F.FB(F)F.[F-].[F-].[F-].[F-].c1ccc(CCC[n+]2ccc(-c3cc[n+](CCC[n+]4ccc(-c5cc[n+](CCCc6ccccc6)cc5)cc4)cc3)cc2)cc1. The van der Waals surface area contributed by atoms with E-state index in [4.69, 9.17) is 0 Å². The molecule has 2 aromatic carbocycles. The summed E-state index contributed by atoms with van der Waals surface area (Å²) >= 11 is 0. The highest BCUT2D eigenvalue weighted by Crippen LogP contribution is 2.17. The van der Waals surface area contributed by atoms with Crippen LogP contribution in [0, 0.1) is 0 Å². The minimum absolute atomic E-state index is 0. The number of benzene rings is 2. The molecule has 6 rings (SSSR count). The fourth-order valence-corrected chi connectivity index (χ4v) is 5.85. The van der Waals surface area contributed by atoms with Gasteiger partial charge in [-0.2, -0.15) is 0 Å². The lowest BCUT2D eigenvalue weighted by Gasteiger charge is -2.03. The monoisotopic (exact) mass is 942 g/mol. The molecule has 0 spiro atoms. The van der Waals surface area contributed by atoms with Gasteiger partial charge in [-0.1, -0.05) is 60.7 Å². The summed E-state index contributed by atoms with van der Waals surface area (Å²) < 4.78 is 109. The molecule has 0 radical (unpaired) electrons. The Morgan fingerprint density at radius 1 is 0.308 bits per heavy atom. The van der Waals surface area contributed by atoms with E-state index in [1.807, 2.05) is 0 Å². The molecular formula is C41H46B4F16N4. The Labute approximate surface area is 369 Å². The van der Waals surface area contributed by atoms with Crippen molar-refractivity contribution in [2.24, 2.45) is 0 Å². The molecule has 0 saturated heterocycles. The molecule has 0 bridgehead atoms. The van der Waals surface area contributed by atoms with E-state index in [0.717, 1.165) is 58.3 Å². The van der Waals surface area contributed by atoms with E-state index in [1.54, 1.807) is 0 Å². The molecule has 0 aliphatic heterocycles. The number of rotatable bonds is 15.